The normalized spacial score (nSPS) is 12.5. The molecule has 0 atom stereocenters. The average Bonchev–Trinajstić information content (AvgIpc) is 2.97. The molecule has 0 heterocycles. The van der Waals surface area contributed by atoms with E-state index < -0.39 is 0 Å². The van der Waals surface area contributed by atoms with Gasteiger partial charge in [-0.2, -0.15) is 0 Å². The lowest BCUT2D eigenvalue weighted by Crippen LogP contribution is -2.07. The number of hydrogen-bond donors (Lipinski definition) is 2. The minimum absolute atomic E-state index is 0.0562. The zero-order chi connectivity index (χ0) is 19.8. The van der Waals surface area contributed by atoms with Gasteiger partial charge in [-0.25, -0.2) is 0 Å². The molecule has 0 radical (unpaired) electrons. The molecule has 5 heteroatoms. The van der Waals surface area contributed by atoms with E-state index in [0.29, 0.717) is 6.42 Å². The van der Waals surface area contributed by atoms with Crippen LogP contribution < -0.4 is 0 Å². The third-order valence-corrected chi connectivity index (χ3v) is 4.14. The molecule has 27 heavy (non-hydrogen) atoms. The minimum Gasteiger partial charge on any atom is -0.430 e. The molecule has 0 amide bonds. The topological polar surface area (TPSA) is 78.5 Å². The average molecular weight is 365 g/mol. The lowest BCUT2D eigenvalue weighted by atomic mass is 10.0. The van der Waals surface area contributed by atoms with Crippen molar-refractivity contribution in [2.75, 3.05) is 7.11 Å². The lowest BCUT2D eigenvalue weighted by Gasteiger charge is -2.07. The predicted octanol–water partition coefficient (Wildman–Crippen LogP) is 5.41. The summed E-state index contributed by atoms with van der Waals surface area (Å²) in [5.41, 5.74) is 6.58. The van der Waals surface area contributed by atoms with Crippen LogP contribution in [0, 0.1) is 10.8 Å². The second kappa shape index (κ2) is 9.67. The largest absolute Gasteiger partial charge is 0.430 e. The fraction of sp³-hybridized carbons (Fsp3) is 0.318. The molecule has 2 aromatic carbocycles. The van der Waals surface area contributed by atoms with Crippen LogP contribution in [0.2, 0.25) is 0 Å². The maximum Gasteiger partial charge on any atom is 0.189 e. The molecule has 1 aliphatic rings. The highest BCUT2D eigenvalue weighted by Crippen LogP contribution is 2.37. The molecule has 0 saturated carbocycles. The van der Waals surface area contributed by atoms with Gasteiger partial charge in [-0.15, -0.1) is 0 Å². The van der Waals surface area contributed by atoms with E-state index in [1.807, 2.05) is 26.0 Å². The number of nitrogens with zero attached hydrogens (tertiary/aromatic N) is 1. The number of oxime groups is 1. The highest BCUT2D eigenvalue weighted by atomic mass is 16.6. The third-order valence-electron chi connectivity index (χ3n) is 4.14. The van der Waals surface area contributed by atoms with Crippen molar-refractivity contribution in [2.45, 2.75) is 40.0 Å². The first-order chi connectivity index (χ1) is 13.1. The standard InChI is InChI=1S/C20H21N3O2.C2H6/c1-13(21)25-19(22)9-5-6-14-10-11-16-15-7-3-4-8-17(15)20(23-24-2)18(16)12-14;1-2/h3-4,7-8,10-12,21-22H,5-6,9H2,1-2H3;1-2H3/b21-13?,22-19?,23-20-;. The molecule has 0 bridgehead atoms. The number of nitrogens with one attached hydrogen (secondary N) is 2. The summed E-state index contributed by atoms with van der Waals surface area (Å²) >= 11 is 0. The molecule has 2 aromatic rings. The molecule has 0 spiro atoms. The van der Waals surface area contributed by atoms with Crippen LogP contribution in [0.1, 0.15) is 50.3 Å². The van der Waals surface area contributed by atoms with Crippen molar-refractivity contribution in [3.05, 3.63) is 59.2 Å². The Hall–Kier alpha value is -2.95. The molecular weight excluding hydrogens is 338 g/mol. The Bertz CT molecular complexity index is 856. The first kappa shape index (κ1) is 20.4. The predicted molar refractivity (Wildman–Crippen MR) is 111 cm³/mol. The minimum atomic E-state index is 0.0562. The van der Waals surface area contributed by atoms with Crippen molar-refractivity contribution in [1.29, 1.82) is 10.8 Å². The number of ether oxygens (including phenoxy) is 1. The number of hydrogen-bond acceptors (Lipinski definition) is 5. The summed E-state index contributed by atoms with van der Waals surface area (Å²) in [7, 11) is 1.56. The summed E-state index contributed by atoms with van der Waals surface area (Å²) in [6.07, 6.45) is 2.16. The summed E-state index contributed by atoms with van der Waals surface area (Å²) in [5, 5.41) is 19.2. The van der Waals surface area contributed by atoms with Crippen LogP contribution in [-0.2, 0) is 16.0 Å². The molecule has 142 valence electrons. The second-order valence-electron chi connectivity index (χ2n) is 5.98. The lowest BCUT2D eigenvalue weighted by molar-refractivity contribution is 0.214. The number of rotatable bonds is 5. The van der Waals surface area contributed by atoms with Crippen molar-refractivity contribution in [2.24, 2.45) is 5.16 Å². The van der Waals surface area contributed by atoms with Gasteiger partial charge in [0.05, 0.1) is 0 Å². The molecule has 0 unspecified atom stereocenters. The zero-order valence-corrected chi connectivity index (χ0v) is 16.4. The Labute approximate surface area is 161 Å². The molecule has 5 nitrogen and oxygen atoms in total. The van der Waals surface area contributed by atoms with Crippen molar-refractivity contribution in [1.82, 2.24) is 0 Å². The molecule has 2 N–H and O–H groups in total. The molecule has 3 rings (SSSR count). The van der Waals surface area contributed by atoms with Crippen molar-refractivity contribution in [3.63, 3.8) is 0 Å². The van der Waals surface area contributed by atoms with Crippen LogP contribution in [-0.4, -0.2) is 24.6 Å². The van der Waals surface area contributed by atoms with Gasteiger partial charge in [0.15, 0.2) is 11.8 Å². The quantitative estimate of drug-likeness (QED) is 0.360. The van der Waals surface area contributed by atoms with Crippen LogP contribution in [0.25, 0.3) is 11.1 Å². The van der Waals surface area contributed by atoms with Crippen molar-refractivity contribution >= 4 is 17.5 Å². The van der Waals surface area contributed by atoms with E-state index in [-0.39, 0.29) is 11.8 Å². The van der Waals surface area contributed by atoms with Crippen LogP contribution in [0.5, 0.6) is 0 Å². The van der Waals surface area contributed by atoms with Gasteiger partial charge in [0.25, 0.3) is 0 Å². The summed E-state index contributed by atoms with van der Waals surface area (Å²) in [6.45, 7) is 5.53. The van der Waals surface area contributed by atoms with E-state index in [0.717, 1.165) is 29.7 Å². The Balaban J connectivity index is 0.00000126. The smallest absolute Gasteiger partial charge is 0.189 e. The third kappa shape index (κ3) is 4.82. The Morgan fingerprint density at radius 3 is 2.30 bits per heavy atom. The highest BCUT2D eigenvalue weighted by Gasteiger charge is 2.25. The van der Waals surface area contributed by atoms with Gasteiger partial charge < -0.3 is 9.57 Å². The molecule has 0 fully saturated rings. The maximum atomic E-state index is 7.68. The Kier molecular flexibility index (Phi) is 7.29. The summed E-state index contributed by atoms with van der Waals surface area (Å²) < 4.78 is 4.98. The van der Waals surface area contributed by atoms with E-state index >= 15 is 0 Å². The fourth-order valence-corrected chi connectivity index (χ4v) is 3.13. The summed E-state index contributed by atoms with van der Waals surface area (Å²) in [5.74, 6) is 0.198. The maximum absolute atomic E-state index is 7.68. The van der Waals surface area contributed by atoms with Gasteiger partial charge >= 0.3 is 0 Å². The van der Waals surface area contributed by atoms with E-state index in [9.17, 15) is 0 Å². The molecule has 1 aliphatic carbocycles. The first-order valence-corrected chi connectivity index (χ1v) is 9.25. The summed E-state index contributed by atoms with van der Waals surface area (Å²) in [4.78, 5) is 5.05. The summed E-state index contributed by atoms with van der Waals surface area (Å²) in [6, 6.07) is 14.6. The molecule has 0 aromatic heterocycles. The number of fused-ring (bicyclic) bond motifs is 3. The van der Waals surface area contributed by atoms with Crippen LogP contribution in [0.15, 0.2) is 47.6 Å². The Morgan fingerprint density at radius 2 is 1.63 bits per heavy atom. The van der Waals surface area contributed by atoms with E-state index in [4.69, 9.17) is 20.4 Å². The molecule has 0 saturated heterocycles. The van der Waals surface area contributed by atoms with E-state index in [1.54, 1.807) is 7.11 Å². The van der Waals surface area contributed by atoms with Gasteiger partial charge in [0.1, 0.15) is 12.8 Å². The van der Waals surface area contributed by atoms with Gasteiger partial charge in [-0.3, -0.25) is 10.8 Å². The van der Waals surface area contributed by atoms with Crippen LogP contribution in [0.3, 0.4) is 0 Å². The second-order valence-corrected chi connectivity index (χ2v) is 5.98. The molecule has 0 aliphatic heterocycles. The highest BCUT2D eigenvalue weighted by molar-refractivity contribution is 6.24. The van der Waals surface area contributed by atoms with Gasteiger partial charge in [0.2, 0.25) is 0 Å². The Morgan fingerprint density at radius 1 is 0.963 bits per heavy atom. The van der Waals surface area contributed by atoms with Crippen molar-refractivity contribution in [3.8, 4) is 11.1 Å². The number of aryl methyl sites for hydroxylation is 1. The van der Waals surface area contributed by atoms with Crippen molar-refractivity contribution < 1.29 is 9.57 Å². The monoisotopic (exact) mass is 365 g/mol. The van der Waals surface area contributed by atoms with Gasteiger partial charge in [-0.05, 0) is 35.6 Å². The van der Waals surface area contributed by atoms with Crippen LogP contribution in [0.4, 0.5) is 0 Å². The number of benzene rings is 2. The van der Waals surface area contributed by atoms with Gasteiger partial charge in [0, 0.05) is 24.5 Å². The van der Waals surface area contributed by atoms with E-state index in [2.05, 4.69) is 35.5 Å². The fourth-order valence-electron chi connectivity index (χ4n) is 3.13. The molecular formula is C22H27N3O2. The first-order valence-electron chi connectivity index (χ1n) is 9.25. The van der Waals surface area contributed by atoms with Crippen LogP contribution >= 0.6 is 0 Å². The van der Waals surface area contributed by atoms with E-state index in [1.165, 1.54) is 23.6 Å². The van der Waals surface area contributed by atoms with Gasteiger partial charge in [-0.1, -0.05) is 55.4 Å². The zero-order valence-electron chi connectivity index (χ0n) is 16.4. The SMILES string of the molecule is CC.CO/N=C1/c2ccccc2-c2ccc(CCCC(=N)OC(C)=N)cc21.